The minimum atomic E-state index is -0.933. The predicted molar refractivity (Wildman–Crippen MR) is 85.9 cm³/mol. The second-order valence-electron chi connectivity index (χ2n) is 5.58. The van der Waals surface area contributed by atoms with Gasteiger partial charge in [0.1, 0.15) is 5.82 Å². The summed E-state index contributed by atoms with van der Waals surface area (Å²) in [5.74, 6) is -1.86. The first kappa shape index (κ1) is 18.1. The molecule has 1 aromatic heterocycles. The van der Waals surface area contributed by atoms with Gasteiger partial charge in [-0.1, -0.05) is 13.8 Å². The molecule has 130 valence electrons. The van der Waals surface area contributed by atoms with Crippen LogP contribution in [0.3, 0.4) is 0 Å². The van der Waals surface area contributed by atoms with Gasteiger partial charge >= 0.3 is 0 Å². The molecule has 2 aromatic rings. The first-order chi connectivity index (χ1) is 11.3. The lowest BCUT2D eigenvalue weighted by molar-refractivity contribution is -0.130. The maximum absolute atomic E-state index is 13.7. The largest absolute Gasteiger partial charge is 0.477 e. The van der Waals surface area contributed by atoms with E-state index in [0.717, 1.165) is 12.1 Å². The molecule has 0 aliphatic heterocycles. The van der Waals surface area contributed by atoms with E-state index in [2.05, 4.69) is 15.5 Å². The zero-order valence-corrected chi connectivity index (χ0v) is 14.3. The van der Waals surface area contributed by atoms with E-state index < -0.39 is 23.6 Å². The van der Waals surface area contributed by atoms with E-state index in [1.807, 2.05) is 0 Å². The van der Waals surface area contributed by atoms with Crippen LogP contribution in [0.2, 0.25) is 0 Å². The number of aromatic amines is 1. The highest BCUT2D eigenvalue weighted by molar-refractivity contribution is 7.71. The Morgan fingerprint density at radius 3 is 2.71 bits per heavy atom. The lowest BCUT2D eigenvalue weighted by Crippen LogP contribution is -2.41. The number of ether oxygens (including phenoxy) is 1. The average molecular weight is 356 g/mol. The number of carbonyl (C=O) groups excluding carboxylic acids is 1. The number of nitrogens with zero attached hydrogens (tertiary/aromatic N) is 2. The van der Waals surface area contributed by atoms with Crippen LogP contribution < -0.4 is 10.1 Å². The van der Waals surface area contributed by atoms with Crippen molar-refractivity contribution in [2.75, 3.05) is 0 Å². The summed E-state index contributed by atoms with van der Waals surface area (Å²) in [5.41, 5.74) is 0. The standard InChI is InChI=1S/C15H18F2N4O2S/c1-8(2)13(23-11-5-4-9(16)6-10(11)17)14(22)18-7-12-19-20-15(24)21(12)3/h4-6,8,13H,7H2,1-3H3,(H,18,22)(H,20,24). The Morgan fingerprint density at radius 2 is 2.17 bits per heavy atom. The van der Waals surface area contributed by atoms with Gasteiger partial charge in [0.15, 0.2) is 28.3 Å². The van der Waals surface area contributed by atoms with Crippen molar-refractivity contribution < 1.29 is 18.3 Å². The highest BCUT2D eigenvalue weighted by atomic mass is 32.1. The van der Waals surface area contributed by atoms with Gasteiger partial charge in [-0.2, -0.15) is 5.10 Å². The fourth-order valence-corrected chi connectivity index (χ4v) is 2.16. The molecule has 0 fully saturated rings. The number of H-pyrrole nitrogens is 1. The third-order valence-electron chi connectivity index (χ3n) is 3.40. The molecule has 1 unspecified atom stereocenters. The first-order valence-electron chi connectivity index (χ1n) is 7.29. The summed E-state index contributed by atoms with van der Waals surface area (Å²) in [4.78, 5) is 12.4. The van der Waals surface area contributed by atoms with Crippen LogP contribution >= 0.6 is 12.2 Å². The van der Waals surface area contributed by atoms with Crippen LogP contribution in [-0.2, 0) is 18.4 Å². The first-order valence-corrected chi connectivity index (χ1v) is 7.70. The SMILES string of the molecule is CC(C)C(Oc1ccc(F)cc1F)C(=O)NCc1n[nH]c(=S)n1C. The summed E-state index contributed by atoms with van der Waals surface area (Å²) in [6.07, 6.45) is -0.933. The van der Waals surface area contributed by atoms with Gasteiger partial charge in [-0.3, -0.25) is 9.89 Å². The topological polar surface area (TPSA) is 71.9 Å². The summed E-state index contributed by atoms with van der Waals surface area (Å²) in [6.45, 7) is 3.67. The summed E-state index contributed by atoms with van der Waals surface area (Å²) < 4.78 is 34.2. The van der Waals surface area contributed by atoms with Crippen molar-refractivity contribution in [3.8, 4) is 5.75 Å². The summed E-state index contributed by atoms with van der Waals surface area (Å²) in [5, 5.41) is 9.28. The number of rotatable bonds is 6. The molecule has 1 aromatic carbocycles. The second kappa shape index (κ2) is 7.52. The van der Waals surface area contributed by atoms with Gasteiger partial charge in [0.2, 0.25) is 0 Å². The Labute approximate surface area is 142 Å². The molecular weight excluding hydrogens is 338 g/mol. The van der Waals surface area contributed by atoms with Crippen LogP contribution in [0, 0.1) is 22.3 Å². The van der Waals surface area contributed by atoms with Crippen LogP contribution in [0.25, 0.3) is 0 Å². The highest BCUT2D eigenvalue weighted by Crippen LogP contribution is 2.21. The quantitative estimate of drug-likeness (QED) is 0.780. The van der Waals surface area contributed by atoms with E-state index in [-0.39, 0.29) is 18.2 Å². The molecule has 0 aliphatic carbocycles. The fraction of sp³-hybridized carbons (Fsp3) is 0.400. The maximum Gasteiger partial charge on any atom is 0.261 e. The molecule has 2 rings (SSSR count). The molecule has 0 saturated carbocycles. The van der Waals surface area contributed by atoms with Crippen molar-refractivity contribution in [1.82, 2.24) is 20.1 Å². The predicted octanol–water partition coefficient (Wildman–Crippen LogP) is 2.48. The smallest absolute Gasteiger partial charge is 0.261 e. The number of amides is 1. The van der Waals surface area contributed by atoms with Crippen molar-refractivity contribution in [2.24, 2.45) is 13.0 Å². The normalized spacial score (nSPS) is 12.2. The van der Waals surface area contributed by atoms with Crippen molar-refractivity contribution in [3.05, 3.63) is 40.4 Å². The van der Waals surface area contributed by atoms with E-state index in [1.165, 1.54) is 0 Å². The molecular formula is C15H18F2N4O2S. The van der Waals surface area contributed by atoms with E-state index in [0.29, 0.717) is 16.7 Å². The van der Waals surface area contributed by atoms with E-state index in [9.17, 15) is 13.6 Å². The molecule has 9 heteroatoms. The lowest BCUT2D eigenvalue weighted by atomic mass is 10.1. The van der Waals surface area contributed by atoms with Crippen LogP contribution in [0.1, 0.15) is 19.7 Å². The molecule has 0 saturated heterocycles. The Morgan fingerprint density at radius 1 is 1.46 bits per heavy atom. The van der Waals surface area contributed by atoms with E-state index >= 15 is 0 Å². The van der Waals surface area contributed by atoms with Gasteiger partial charge in [-0.05, 0) is 30.3 Å². The zero-order valence-electron chi connectivity index (χ0n) is 13.5. The minimum absolute atomic E-state index is 0.140. The lowest BCUT2D eigenvalue weighted by Gasteiger charge is -2.22. The third-order valence-corrected chi connectivity index (χ3v) is 3.77. The Balaban J connectivity index is 2.07. The summed E-state index contributed by atoms with van der Waals surface area (Å²) in [7, 11) is 1.72. The molecule has 0 spiro atoms. The van der Waals surface area contributed by atoms with Crippen LogP contribution in [0.4, 0.5) is 8.78 Å². The van der Waals surface area contributed by atoms with Crippen LogP contribution in [0.5, 0.6) is 5.75 Å². The molecule has 2 N–H and O–H groups in total. The molecule has 1 heterocycles. The number of halogens is 2. The van der Waals surface area contributed by atoms with Crippen molar-refractivity contribution in [1.29, 1.82) is 0 Å². The van der Waals surface area contributed by atoms with E-state index in [4.69, 9.17) is 17.0 Å². The van der Waals surface area contributed by atoms with Gasteiger partial charge in [0.05, 0.1) is 6.54 Å². The minimum Gasteiger partial charge on any atom is -0.477 e. The van der Waals surface area contributed by atoms with Crippen molar-refractivity contribution in [2.45, 2.75) is 26.5 Å². The maximum atomic E-state index is 13.7. The fourth-order valence-electron chi connectivity index (χ4n) is 2.00. The zero-order chi connectivity index (χ0) is 17.9. The van der Waals surface area contributed by atoms with Gasteiger partial charge < -0.3 is 14.6 Å². The van der Waals surface area contributed by atoms with Gasteiger partial charge in [-0.25, -0.2) is 8.78 Å². The molecule has 0 aliphatic rings. The van der Waals surface area contributed by atoms with Gasteiger partial charge in [0.25, 0.3) is 5.91 Å². The molecule has 0 radical (unpaired) electrons. The average Bonchev–Trinajstić information content (AvgIpc) is 2.83. The number of aromatic nitrogens is 3. The molecule has 6 nitrogen and oxygen atoms in total. The highest BCUT2D eigenvalue weighted by Gasteiger charge is 2.25. The Hall–Kier alpha value is -2.29. The number of benzene rings is 1. The van der Waals surface area contributed by atoms with Crippen molar-refractivity contribution in [3.63, 3.8) is 0 Å². The van der Waals surface area contributed by atoms with Crippen LogP contribution in [0.15, 0.2) is 18.2 Å². The number of nitrogens with one attached hydrogen (secondary N) is 2. The molecule has 0 bridgehead atoms. The Bertz CT molecular complexity index is 788. The van der Waals surface area contributed by atoms with Gasteiger partial charge in [-0.15, -0.1) is 0 Å². The van der Waals surface area contributed by atoms with Gasteiger partial charge in [0, 0.05) is 13.1 Å². The molecule has 24 heavy (non-hydrogen) atoms. The second-order valence-corrected chi connectivity index (χ2v) is 5.97. The number of hydrogen-bond donors (Lipinski definition) is 2. The monoisotopic (exact) mass is 356 g/mol. The Kier molecular flexibility index (Phi) is 5.66. The van der Waals surface area contributed by atoms with E-state index in [1.54, 1.807) is 25.5 Å². The third kappa shape index (κ3) is 4.16. The van der Waals surface area contributed by atoms with Crippen molar-refractivity contribution >= 4 is 18.1 Å². The molecule has 1 atom stereocenters. The summed E-state index contributed by atoms with van der Waals surface area (Å²) in [6, 6.07) is 2.94. The number of hydrogen-bond acceptors (Lipinski definition) is 4. The number of carbonyl (C=O) groups is 1. The summed E-state index contributed by atoms with van der Waals surface area (Å²) >= 11 is 4.99. The molecule has 1 amide bonds. The van der Waals surface area contributed by atoms with Crippen LogP contribution in [-0.4, -0.2) is 26.8 Å².